The summed E-state index contributed by atoms with van der Waals surface area (Å²) in [7, 11) is 0. The lowest BCUT2D eigenvalue weighted by molar-refractivity contribution is -0.160. The number of rotatable bonds is 24. The smallest absolute Gasteiger partial charge is 0.220 e. The van der Waals surface area contributed by atoms with Crippen molar-refractivity contribution in [1.29, 1.82) is 0 Å². The molecule has 0 aliphatic heterocycles. The maximum Gasteiger partial charge on any atom is 0.220 e. The number of carbonyl (C=O) groups is 6. The van der Waals surface area contributed by atoms with Crippen molar-refractivity contribution in [2.45, 2.75) is 266 Å². The van der Waals surface area contributed by atoms with E-state index in [4.69, 9.17) is 0 Å². The van der Waals surface area contributed by atoms with E-state index in [9.17, 15) is 28.8 Å². The van der Waals surface area contributed by atoms with E-state index < -0.39 is 0 Å². The number of amides is 2. The molecule has 2 amide bonds. The van der Waals surface area contributed by atoms with E-state index in [1.54, 1.807) is 11.3 Å². The maximum absolute atomic E-state index is 14.1. The summed E-state index contributed by atoms with van der Waals surface area (Å²) in [6.45, 7) is 16.8. The fraction of sp³-hybridized carbons (Fsp3) is 0.806. The summed E-state index contributed by atoms with van der Waals surface area (Å²) >= 11 is 3.61. The zero-order chi connectivity index (χ0) is 57.7. The molecule has 9 aliphatic rings. The van der Waals surface area contributed by atoms with Crippen LogP contribution in [0.15, 0.2) is 29.0 Å². The second kappa shape index (κ2) is 25.0. The Labute approximate surface area is 502 Å². The molecule has 0 spiro atoms. The summed E-state index contributed by atoms with van der Waals surface area (Å²) in [6, 6.07) is 6.83. The molecule has 11 rings (SSSR count). The quantitative estimate of drug-likeness (QED) is 0.101. The van der Waals surface area contributed by atoms with Crippen molar-refractivity contribution in [3.8, 4) is 0 Å². The first kappa shape index (κ1) is 60.7. The molecular weight excluding hydrogens is 1050 g/mol. The van der Waals surface area contributed by atoms with Gasteiger partial charge in [-0.25, -0.2) is 0 Å². The van der Waals surface area contributed by atoms with Crippen LogP contribution in [0.5, 0.6) is 0 Å². The van der Waals surface area contributed by atoms with E-state index in [0.29, 0.717) is 122 Å². The second-order valence-electron chi connectivity index (χ2n) is 30.9. The van der Waals surface area contributed by atoms with Crippen molar-refractivity contribution in [1.82, 2.24) is 10.6 Å². The van der Waals surface area contributed by atoms with Crippen LogP contribution in [0.3, 0.4) is 0 Å². The largest absolute Gasteiger partial charge is 0.348 e. The first-order valence-electron chi connectivity index (χ1n) is 34.1. The standard InChI is InChI=1S/C72H106N2O6S2/c1-44(52-31-37-82-68(52)67(47-21-22-47)74-64(80)39-46(3)54-24-26-56-66-58(30-35-72(54,56)7)70(5)33-28-51(76)41-49(70)43-61(66)78)18-15-13-11-9-8-10-12-14-16-19-59(62-20-17-36-81-62)73-63(79)38-45(2)53-23-25-55-65-57(29-34-71(53,55)6)69(4)32-27-50(75)40-48(69)42-60(65)77/h17,20,31,36-37,44-49,53-59,65-67H,8-16,18-19,21-30,32-35,38-43H2,1-7H3,(H,73,79)(H,74,80)/t44?,45-,46-,48+,49+,53-,54-,55+,56+,57+,58+,59?,65+,66+,67+,69+,70+,71-,72-/m1/s1. The highest BCUT2D eigenvalue weighted by Crippen LogP contribution is 2.69. The van der Waals surface area contributed by atoms with Crippen LogP contribution in [0.4, 0.5) is 0 Å². The molecule has 2 heterocycles. The van der Waals surface area contributed by atoms with Gasteiger partial charge in [-0.2, -0.15) is 0 Å². The van der Waals surface area contributed by atoms with Crippen molar-refractivity contribution in [3.63, 3.8) is 0 Å². The summed E-state index contributed by atoms with van der Waals surface area (Å²) in [5.74, 6) is 6.82. The van der Waals surface area contributed by atoms with Crippen LogP contribution >= 0.6 is 22.7 Å². The minimum absolute atomic E-state index is 0.0687. The summed E-state index contributed by atoms with van der Waals surface area (Å²) < 4.78 is 0. The highest BCUT2D eigenvalue weighted by atomic mass is 32.1. The van der Waals surface area contributed by atoms with Gasteiger partial charge in [-0.15, -0.1) is 22.7 Å². The molecule has 0 bridgehead atoms. The Morgan fingerprint density at radius 1 is 0.537 bits per heavy atom. The number of Topliss-reactive ketones (excluding diaryl/α,β-unsaturated/α-hetero) is 4. The van der Waals surface area contributed by atoms with Crippen molar-refractivity contribution < 1.29 is 28.8 Å². The molecule has 0 radical (unpaired) electrons. The Morgan fingerprint density at radius 2 is 1.02 bits per heavy atom. The molecule has 19 atom stereocenters. The molecule has 9 saturated carbocycles. The molecule has 9 fully saturated rings. The Bertz CT molecular complexity index is 2620. The van der Waals surface area contributed by atoms with Gasteiger partial charge in [0.15, 0.2) is 0 Å². The normalized spacial score (nSPS) is 37.8. The lowest BCUT2D eigenvalue weighted by Crippen LogP contribution is -2.57. The van der Waals surface area contributed by atoms with Gasteiger partial charge >= 0.3 is 0 Å². The van der Waals surface area contributed by atoms with Crippen LogP contribution < -0.4 is 10.6 Å². The van der Waals surface area contributed by atoms with Crippen LogP contribution in [0, 0.1) is 98.6 Å². The molecule has 0 saturated heterocycles. The van der Waals surface area contributed by atoms with E-state index >= 15 is 0 Å². The third-order valence-corrected chi connectivity index (χ3v) is 28.4. The Morgan fingerprint density at radius 3 is 1.52 bits per heavy atom. The molecule has 2 aromatic rings. The average molecular weight is 1160 g/mol. The highest BCUT2D eigenvalue weighted by Gasteiger charge is 2.65. The third-order valence-electron chi connectivity index (χ3n) is 26.4. The van der Waals surface area contributed by atoms with Crippen LogP contribution in [0.25, 0.3) is 0 Å². The Kier molecular flexibility index (Phi) is 18.5. The third kappa shape index (κ3) is 11.9. The van der Waals surface area contributed by atoms with Crippen molar-refractivity contribution in [2.24, 2.45) is 98.6 Å². The molecule has 2 N–H and O–H groups in total. The minimum atomic E-state index is 0.0687. The SMILES string of the molecule is CC(CCCCCCCCCCCC(NC(=O)C[C@@H](C)[C@H]1CC[C@H]2[C@@H]3C(=O)C[C@@H]4CC(=O)CC[C@]4(C)[C@H]3CC[C@]12C)c1cccs1)c1ccsc1[C@@H](NC(=O)C[C@@H](C)[C@H]1CC[C@H]2[C@@H]3C(=O)C[C@@H]4CC(=O)CC[C@]4(C)[C@H]3CC[C@]12C)C1CC1. The van der Waals surface area contributed by atoms with Gasteiger partial charge in [-0.1, -0.05) is 112 Å². The van der Waals surface area contributed by atoms with Crippen LogP contribution in [0.1, 0.15) is 281 Å². The Hall–Kier alpha value is -2.98. The van der Waals surface area contributed by atoms with Gasteiger partial charge in [0.05, 0.1) is 12.1 Å². The molecule has 9 aliphatic carbocycles. The molecule has 8 nitrogen and oxygen atoms in total. The van der Waals surface area contributed by atoms with Crippen LogP contribution in [0.2, 0.25) is 0 Å². The van der Waals surface area contributed by atoms with Gasteiger partial charge in [-0.3, -0.25) is 28.8 Å². The number of ketones is 4. The van der Waals surface area contributed by atoms with Crippen LogP contribution in [-0.2, 0) is 28.8 Å². The summed E-state index contributed by atoms with van der Waals surface area (Å²) in [5, 5.41) is 11.5. The predicted molar refractivity (Wildman–Crippen MR) is 331 cm³/mol. The van der Waals surface area contributed by atoms with Gasteiger partial charge in [-0.05, 0) is 211 Å². The number of hydrogen-bond acceptors (Lipinski definition) is 8. The van der Waals surface area contributed by atoms with Gasteiger partial charge in [0.25, 0.3) is 0 Å². The predicted octanol–water partition coefficient (Wildman–Crippen LogP) is 17.5. The van der Waals surface area contributed by atoms with Gasteiger partial charge < -0.3 is 10.6 Å². The minimum Gasteiger partial charge on any atom is -0.348 e. The van der Waals surface area contributed by atoms with E-state index in [-0.39, 0.29) is 81.1 Å². The zero-order valence-electron chi connectivity index (χ0n) is 51.8. The number of nitrogens with one attached hydrogen (secondary N) is 2. The summed E-state index contributed by atoms with van der Waals surface area (Å²) in [6.07, 6.45) is 31.5. The number of hydrogen-bond donors (Lipinski definition) is 2. The fourth-order valence-electron chi connectivity index (χ4n) is 21.5. The Balaban J connectivity index is 0.574. The topological polar surface area (TPSA) is 126 Å². The molecule has 10 heteroatoms. The first-order chi connectivity index (χ1) is 39.3. The van der Waals surface area contributed by atoms with E-state index in [2.05, 4.69) is 88.1 Å². The molecule has 0 aromatic carbocycles. The maximum atomic E-state index is 14.1. The second-order valence-corrected chi connectivity index (χ2v) is 32.9. The van der Waals surface area contributed by atoms with Gasteiger partial charge in [0.2, 0.25) is 11.8 Å². The van der Waals surface area contributed by atoms with Crippen LogP contribution in [-0.4, -0.2) is 34.9 Å². The summed E-state index contributed by atoms with van der Waals surface area (Å²) in [5.41, 5.74) is 1.87. The number of carbonyl (C=O) groups excluding carboxylic acids is 6. The van der Waals surface area contributed by atoms with Gasteiger partial charge in [0.1, 0.15) is 23.1 Å². The van der Waals surface area contributed by atoms with E-state index in [1.165, 1.54) is 85.9 Å². The average Bonchev–Trinajstić information content (AvgIpc) is 3.11. The first-order valence-corrected chi connectivity index (χ1v) is 35.9. The fourth-order valence-corrected chi connectivity index (χ4v) is 23.5. The molecular formula is C72H106N2O6S2. The highest BCUT2D eigenvalue weighted by molar-refractivity contribution is 7.10. The molecule has 452 valence electrons. The zero-order valence-corrected chi connectivity index (χ0v) is 53.4. The molecule has 2 aromatic heterocycles. The van der Waals surface area contributed by atoms with E-state index in [0.717, 1.165) is 77.0 Å². The number of unbranched alkanes of at least 4 members (excludes halogenated alkanes) is 8. The lowest BCUT2D eigenvalue weighted by atomic mass is 9.44. The molecule has 82 heavy (non-hydrogen) atoms. The summed E-state index contributed by atoms with van der Waals surface area (Å²) in [4.78, 5) is 83.5. The van der Waals surface area contributed by atoms with E-state index in [1.807, 2.05) is 11.3 Å². The molecule has 2 unspecified atom stereocenters. The lowest BCUT2D eigenvalue weighted by Gasteiger charge is -2.59. The number of thiophene rings is 2. The van der Waals surface area contributed by atoms with Crippen molar-refractivity contribution in [2.75, 3.05) is 0 Å². The number of fused-ring (bicyclic) bond motifs is 10. The van der Waals surface area contributed by atoms with Crippen molar-refractivity contribution >= 4 is 57.6 Å². The monoisotopic (exact) mass is 1160 g/mol. The van der Waals surface area contributed by atoms with Gasteiger partial charge in [0, 0.05) is 73.0 Å². The van der Waals surface area contributed by atoms with Crippen molar-refractivity contribution in [3.05, 3.63) is 44.3 Å².